The molecule has 0 radical (unpaired) electrons. The van der Waals surface area contributed by atoms with Crippen molar-refractivity contribution < 1.29 is 14.3 Å². The van der Waals surface area contributed by atoms with E-state index in [1.54, 1.807) is 17.5 Å². The molecule has 0 saturated heterocycles. The lowest BCUT2D eigenvalue weighted by Crippen LogP contribution is -2.30. The van der Waals surface area contributed by atoms with Gasteiger partial charge in [-0.25, -0.2) is 4.98 Å². The average Bonchev–Trinajstić information content (AvgIpc) is 3.25. The van der Waals surface area contributed by atoms with E-state index in [1.807, 2.05) is 29.6 Å². The molecule has 1 saturated carbocycles. The van der Waals surface area contributed by atoms with Crippen molar-refractivity contribution in [3.05, 3.63) is 35.8 Å². The highest BCUT2D eigenvalue weighted by atomic mass is 32.1. The van der Waals surface area contributed by atoms with Crippen LogP contribution >= 0.6 is 11.3 Å². The Bertz CT molecular complexity index is 700. The molecule has 1 heterocycles. The van der Waals surface area contributed by atoms with Gasteiger partial charge < -0.3 is 10.1 Å². The Balaban J connectivity index is 1.73. The van der Waals surface area contributed by atoms with Crippen LogP contribution in [0.2, 0.25) is 0 Å². The van der Waals surface area contributed by atoms with E-state index >= 15 is 0 Å². The average molecular weight is 330 g/mol. The minimum atomic E-state index is -0.331. The number of hydrogen-bond acceptors (Lipinski definition) is 5. The summed E-state index contributed by atoms with van der Waals surface area (Å²) in [4.78, 5) is 28.6. The second-order valence-electron chi connectivity index (χ2n) is 5.57. The number of benzene rings is 1. The Hall–Kier alpha value is -2.21. The summed E-state index contributed by atoms with van der Waals surface area (Å²) >= 11 is 1.55. The summed E-state index contributed by atoms with van der Waals surface area (Å²) in [6, 6.07) is 7.59. The topological polar surface area (TPSA) is 68.3 Å². The fourth-order valence-electron chi connectivity index (χ4n) is 3.04. The molecule has 0 aliphatic heterocycles. The fourth-order valence-corrected chi connectivity index (χ4v) is 3.67. The zero-order valence-corrected chi connectivity index (χ0v) is 13.6. The third-order valence-corrected chi connectivity index (χ3v) is 4.99. The lowest BCUT2D eigenvalue weighted by molar-refractivity contribution is -0.148. The predicted molar refractivity (Wildman–Crippen MR) is 89.0 cm³/mol. The molecule has 2 atom stereocenters. The van der Waals surface area contributed by atoms with Crippen LogP contribution in [0, 0.1) is 11.8 Å². The van der Waals surface area contributed by atoms with E-state index in [0.29, 0.717) is 6.42 Å². The first-order valence-electron chi connectivity index (χ1n) is 7.57. The van der Waals surface area contributed by atoms with Gasteiger partial charge in [0, 0.05) is 22.8 Å². The molecule has 1 aromatic heterocycles. The summed E-state index contributed by atoms with van der Waals surface area (Å²) in [6.45, 7) is 0. The van der Waals surface area contributed by atoms with E-state index in [4.69, 9.17) is 4.74 Å². The molecule has 1 amide bonds. The van der Waals surface area contributed by atoms with Crippen molar-refractivity contribution in [2.75, 3.05) is 12.4 Å². The molecule has 1 fully saturated rings. The summed E-state index contributed by atoms with van der Waals surface area (Å²) in [5.74, 6) is -1.05. The van der Waals surface area contributed by atoms with Crippen molar-refractivity contribution in [3.63, 3.8) is 0 Å². The van der Waals surface area contributed by atoms with Crippen LogP contribution in [0.4, 0.5) is 5.69 Å². The summed E-state index contributed by atoms with van der Waals surface area (Å²) < 4.78 is 4.81. The van der Waals surface area contributed by atoms with E-state index in [9.17, 15) is 9.59 Å². The van der Waals surface area contributed by atoms with Crippen molar-refractivity contribution in [2.24, 2.45) is 11.8 Å². The molecule has 5 nitrogen and oxygen atoms in total. The second kappa shape index (κ2) is 6.91. The first kappa shape index (κ1) is 15.7. The summed E-state index contributed by atoms with van der Waals surface area (Å²) in [6.07, 6.45) is 4.06. The molecule has 3 rings (SSSR count). The third-order valence-electron chi connectivity index (χ3n) is 4.17. The van der Waals surface area contributed by atoms with Gasteiger partial charge in [-0.3, -0.25) is 9.59 Å². The molecule has 2 unspecified atom stereocenters. The van der Waals surface area contributed by atoms with Crippen LogP contribution in [0.15, 0.2) is 35.8 Å². The summed E-state index contributed by atoms with van der Waals surface area (Å²) in [5, 5.41) is 5.75. The number of thiazole rings is 1. The predicted octanol–water partition coefficient (Wildman–Crippen LogP) is 3.34. The Morgan fingerprint density at radius 1 is 1.30 bits per heavy atom. The smallest absolute Gasteiger partial charge is 0.309 e. The van der Waals surface area contributed by atoms with E-state index in [2.05, 4.69) is 10.3 Å². The van der Waals surface area contributed by atoms with E-state index < -0.39 is 0 Å². The standard InChI is InChI=1S/C17H18N2O3S/c1-22-17(21)14-7-3-6-13(14)15(20)19-12-5-2-4-11(10-12)16-18-8-9-23-16/h2,4-5,8-10,13-14H,3,6-7H2,1H3,(H,19,20). The van der Waals surface area contributed by atoms with Crippen LogP contribution in [0.3, 0.4) is 0 Å². The number of esters is 1. The van der Waals surface area contributed by atoms with Gasteiger partial charge in [0.05, 0.1) is 18.9 Å². The molecule has 1 aliphatic rings. The van der Waals surface area contributed by atoms with Gasteiger partial charge in [-0.15, -0.1) is 11.3 Å². The number of amides is 1. The zero-order valence-electron chi connectivity index (χ0n) is 12.8. The molecule has 1 aliphatic carbocycles. The van der Waals surface area contributed by atoms with E-state index in [-0.39, 0.29) is 23.7 Å². The SMILES string of the molecule is COC(=O)C1CCCC1C(=O)Nc1cccc(-c2nccs2)c1. The van der Waals surface area contributed by atoms with Crippen LogP contribution in [0.5, 0.6) is 0 Å². The molecule has 120 valence electrons. The fraction of sp³-hybridized carbons (Fsp3) is 0.353. The summed E-state index contributed by atoms with van der Waals surface area (Å²) in [7, 11) is 1.37. The Morgan fingerprint density at radius 3 is 2.87 bits per heavy atom. The van der Waals surface area contributed by atoms with Gasteiger partial charge in [-0.1, -0.05) is 18.6 Å². The van der Waals surface area contributed by atoms with Crippen molar-refractivity contribution >= 4 is 28.9 Å². The van der Waals surface area contributed by atoms with Crippen LogP contribution in [-0.4, -0.2) is 24.0 Å². The molecule has 6 heteroatoms. The highest BCUT2D eigenvalue weighted by Gasteiger charge is 2.38. The van der Waals surface area contributed by atoms with Crippen molar-refractivity contribution in [1.29, 1.82) is 0 Å². The largest absolute Gasteiger partial charge is 0.469 e. The third kappa shape index (κ3) is 3.42. The first-order valence-corrected chi connectivity index (χ1v) is 8.45. The minimum absolute atomic E-state index is 0.116. The number of carbonyl (C=O) groups is 2. The van der Waals surface area contributed by atoms with Crippen molar-refractivity contribution in [3.8, 4) is 10.6 Å². The second-order valence-corrected chi connectivity index (χ2v) is 6.47. The van der Waals surface area contributed by atoms with Gasteiger partial charge in [0.15, 0.2) is 0 Å². The normalized spacial score (nSPS) is 20.2. The number of rotatable bonds is 4. The van der Waals surface area contributed by atoms with Gasteiger partial charge in [-0.05, 0) is 25.0 Å². The number of nitrogens with zero attached hydrogens (tertiary/aromatic N) is 1. The number of nitrogens with one attached hydrogen (secondary N) is 1. The molecule has 23 heavy (non-hydrogen) atoms. The summed E-state index contributed by atoms with van der Waals surface area (Å²) in [5.41, 5.74) is 1.69. The number of methoxy groups -OCH3 is 1. The molecule has 1 aromatic carbocycles. The van der Waals surface area contributed by atoms with Crippen molar-refractivity contribution in [2.45, 2.75) is 19.3 Å². The molecule has 0 bridgehead atoms. The molecular weight excluding hydrogens is 312 g/mol. The highest BCUT2D eigenvalue weighted by Crippen LogP contribution is 2.34. The molecular formula is C17H18N2O3S. The monoisotopic (exact) mass is 330 g/mol. The highest BCUT2D eigenvalue weighted by molar-refractivity contribution is 7.13. The number of hydrogen-bond donors (Lipinski definition) is 1. The number of ether oxygens (including phenoxy) is 1. The minimum Gasteiger partial charge on any atom is -0.469 e. The van der Waals surface area contributed by atoms with Gasteiger partial charge >= 0.3 is 5.97 Å². The maximum Gasteiger partial charge on any atom is 0.309 e. The molecule has 1 N–H and O–H groups in total. The Morgan fingerprint density at radius 2 is 2.13 bits per heavy atom. The van der Waals surface area contributed by atoms with Gasteiger partial charge in [-0.2, -0.15) is 0 Å². The number of anilines is 1. The maximum absolute atomic E-state index is 12.5. The lowest BCUT2D eigenvalue weighted by atomic mass is 9.95. The quantitative estimate of drug-likeness (QED) is 0.873. The van der Waals surface area contributed by atoms with Crippen LogP contribution in [-0.2, 0) is 14.3 Å². The maximum atomic E-state index is 12.5. The Kier molecular flexibility index (Phi) is 4.71. The van der Waals surface area contributed by atoms with E-state index in [1.165, 1.54) is 7.11 Å². The van der Waals surface area contributed by atoms with Gasteiger partial charge in [0.2, 0.25) is 5.91 Å². The van der Waals surface area contributed by atoms with Crippen LogP contribution in [0.25, 0.3) is 10.6 Å². The Labute approximate surface area is 138 Å². The van der Waals surface area contributed by atoms with Crippen molar-refractivity contribution in [1.82, 2.24) is 4.98 Å². The lowest BCUT2D eigenvalue weighted by Gasteiger charge is -2.17. The van der Waals surface area contributed by atoms with Crippen LogP contribution in [0.1, 0.15) is 19.3 Å². The zero-order chi connectivity index (χ0) is 16.2. The van der Waals surface area contributed by atoms with Gasteiger partial charge in [0.25, 0.3) is 0 Å². The van der Waals surface area contributed by atoms with Gasteiger partial charge in [0.1, 0.15) is 5.01 Å². The number of carbonyl (C=O) groups excluding carboxylic acids is 2. The number of aromatic nitrogens is 1. The molecule has 2 aromatic rings. The van der Waals surface area contributed by atoms with Crippen LogP contribution < -0.4 is 5.32 Å². The first-order chi connectivity index (χ1) is 11.2. The van der Waals surface area contributed by atoms with E-state index in [0.717, 1.165) is 29.1 Å². The molecule has 0 spiro atoms.